The van der Waals surface area contributed by atoms with Gasteiger partial charge in [-0.25, -0.2) is 0 Å². The molecular formula is C15H28N2O2. The Morgan fingerprint density at radius 2 is 1.84 bits per heavy atom. The fraction of sp³-hybridized carbons (Fsp3) is 0.933. The summed E-state index contributed by atoms with van der Waals surface area (Å²) < 4.78 is 0. The molecule has 0 aromatic carbocycles. The first-order valence-electron chi connectivity index (χ1n) is 7.64. The SMILES string of the molecule is CC1CC(C)CN(C(=O)CN2CCC(C)C2CO)C1. The average Bonchev–Trinajstić information content (AvgIpc) is 2.68. The molecule has 0 aromatic heterocycles. The van der Waals surface area contributed by atoms with Crippen molar-refractivity contribution in [1.82, 2.24) is 9.80 Å². The van der Waals surface area contributed by atoms with E-state index in [0.29, 0.717) is 24.3 Å². The van der Waals surface area contributed by atoms with Gasteiger partial charge in [0.05, 0.1) is 13.2 Å². The predicted molar refractivity (Wildman–Crippen MR) is 75.8 cm³/mol. The van der Waals surface area contributed by atoms with Crippen LogP contribution in [0.15, 0.2) is 0 Å². The highest BCUT2D eigenvalue weighted by Gasteiger charge is 2.33. The first kappa shape index (κ1) is 14.8. The van der Waals surface area contributed by atoms with Crippen LogP contribution in [0.2, 0.25) is 0 Å². The molecule has 2 rings (SSSR count). The quantitative estimate of drug-likeness (QED) is 0.836. The number of rotatable bonds is 3. The van der Waals surface area contributed by atoms with Gasteiger partial charge in [-0.05, 0) is 37.1 Å². The number of nitrogens with zero attached hydrogens (tertiary/aromatic N) is 2. The van der Waals surface area contributed by atoms with E-state index in [4.69, 9.17) is 0 Å². The number of likely N-dealkylation sites (tertiary alicyclic amines) is 2. The summed E-state index contributed by atoms with van der Waals surface area (Å²) in [5.41, 5.74) is 0. The minimum atomic E-state index is 0.168. The zero-order valence-corrected chi connectivity index (χ0v) is 12.5. The van der Waals surface area contributed by atoms with Crippen molar-refractivity contribution >= 4 is 5.91 Å². The summed E-state index contributed by atoms with van der Waals surface area (Å²) in [6.07, 6.45) is 2.31. The standard InChI is InChI=1S/C15H28N2O2/c1-11-6-12(2)8-17(7-11)15(19)9-16-5-4-13(3)14(16)10-18/h11-14,18H,4-10H2,1-3H3. The second-order valence-corrected chi connectivity index (χ2v) is 6.73. The number of amides is 1. The number of piperidine rings is 1. The van der Waals surface area contributed by atoms with E-state index < -0.39 is 0 Å². The second-order valence-electron chi connectivity index (χ2n) is 6.73. The molecule has 0 spiro atoms. The van der Waals surface area contributed by atoms with Gasteiger partial charge in [0.1, 0.15) is 0 Å². The third-order valence-corrected chi connectivity index (χ3v) is 4.74. The molecule has 2 aliphatic heterocycles. The van der Waals surface area contributed by atoms with Crippen LogP contribution in [0.3, 0.4) is 0 Å². The molecule has 0 radical (unpaired) electrons. The molecule has 2 heterocycles. The lowest BCUT2D eigenvalue weighted by atomic mass is 9.92. The molecule has 0 aliphatic carbocycles. The minimum absolute atomic E-state index is 0.168. The van der Waals surface area contributed by atoms with Crippen molar-refractivity contribution < 1.29 is 9.90 Å². The van der Waals surface area contributed by atoms with E-state index >= 15 is 0 Å². The smallest absolute Gasteiger partial charge is 0.236 e. The summed E-state index contributed by atoms with van der Waals surface area (Å²) in [5.74, 6) is 1.96. The molecule has 0 bridgehead atoms. The molecule has 110 valence electrons. The van der Waals surface area contributed by atoms with Crippen molar-refractivity contribution in [2.24, 2.45) is 17.8 Å². The maximum absolute atomic E-state index is 12.4. The van der Waals surface area contributed by atoms with Crippen LogP contribution in [0.5, 0.6) is 0 Å². The molecule has 4 nitrogen and oxygen atoms in total. The Labute approximate surface area is 116 Å². The number of hydrogen-bond donors (Lipinski definition) is 1. The van der Waals surface area contributed by atoms with Crippen LogP contribution < -0.4 is 0 Å². The van der Waals surface area contributed by atoms with Crippen molar-refractivity contribution in [3.8, 4) is 0 Å². The first-order chi connectivity index (χ1) is 9.01. The van der Waals surface area contributed by atoms with Crippen LogP contribution in [0.25, 0.3) is 0 Å². The number of aliphatic hydroxyl groups excluding tert-OH is 1. The largest absolute Gasteiger partial charge is 0.395 e. The fourth-order valence-electron chi connectivity index (χ4n) is 3.72. The summed E-state index contributed by atoms with van der Waals surface area (Å²) in [6.45, 7) is 10.0. The van der Waals surface area contributed by atoms with Gasteiger partial charge in [0, 0.05) is 19.1 Å². The highest BCUT2D eigenvalue weighted by molar-refractivity contribution is 5.78. The maximum Gasteiger partial charge on any atom is 0.236 e. The first-order valence-corrected chi connectivity index (χ1v) is 7.64. The summed E-state index contributed by atoms with van der Waals surface area (Å²) in [6, 6.07) is 0.170. The Morgan fingerprint density at radius 3 is 2.42 bits per heavy atom. The van der Waals surface area contributed by atoms with Crippen LogP contribution in [0, 0.1) is 17.8 Å². The van der Waals surface area contributed by atoms with Crippen LogP contribution in [-0.2, 0) is 4.79 Å². The third kappa shape index (κ3) is 3.48. The second kappa shape index (κ2) is 6.23. The lowest BCUT2D eigenvalue weighted by Crippen LogP contribution is -2.48. The number of hydrogen-bond acceptors (Lipinski definition) is 3. The average molecular weight is 268 g/mol. The predicted octanol–water partition coefficient (Wildman–Crippen LogP) is 1.19. The summed E-state index contributed by atoms with van der Waals surface area (Å²) in [4.78, 5) is 16.6. The van der Waals surface area contributed by atoms with Crippen LogP contribution in [0.1, 0.15) is 33.6 Å². The Kier molecular flexibility index (Phi) is 4.85. The van der Waals surface area contributed by atoms with Crippen LogP contribution in [0.4, 0.5) is 0 Å². The van der Waals surface area contributed by atoms with E-state index in [1.54, 1.807) is 0 Å². The number of carbonyl (C=O) groups is 1. The molecule has 0 aromatic rings. The van der Waals surface area contributed by atoms with Crippen molar-refractivity contribution in [1.29, 1.82) is 0 Å². The fourth-order valence-corrected chi connectivity index (χ4v) is 3.72. The molecular weight excluding hydrogens is 240 g/mol. The van der Waals surface area contributed by atoms with Crippen molar-refractivity contribution in [2.45, 2.75) is 39.7 Å². The van der Waals surface area contributed by atoms with E-state index in [9.17, 15) is 9.90 Å². The van der Waals surface area contributed by atoms with Crippen molar-refractivity contribution in [3.63, 3.8) is 0 Å². The molecule has 2 fully saturated rings. The van der Waals surface area contributed by atoms with E-state index in [1.165, 1.54) is 6.42 Å². The molecule has 1 amide bonds. The van der Waals surface area contributed by atoms with Gasteiger partial charge in [0.25, 0.3) is 0 Å². The summed E-state index contributed by atoms with van der Waals surface area (Å²) >= 11 is 0. The molecule has 2 aliphatic rings. The Balaban J connectivity index is 1.90. The van der Waals surface area contributed by atoms with Crippen molar-refractivity contribution in [2.75, 3.05) is 32.8 Å². The summed E-state index contributed by atoms with van der Waals surface area (Å²) in [7, 11) is 0. The molecule has 1 N–H and O–H groups in total. The molecule has 2 saturated heterocycles. The third-order valence-electron chi connectivity index (χ3n) is 4.74. The Hall–Kier alpha value is -0.610. The van der Waals surface area contributed by atoms with Gasteiger partial charge < -0.3 is 10.0 Å². The van der Waals surface area contributed by atoms with Gasteiger partial charge in [-0.1, -0.05) is 20.8 Å². The van der Waals surface area contributed by atoms with Gasteiger partial charge in [-0.2, -0.15) is 0 Å². The van der Waals surface area contributed by atoms with E-state index in [1.807, 2.05) is 4.90 Å². The zero-order valence-electron chi connectivity index (χ0n) is 12.5. The van der Waals surface area contributed by atoms with Crippen molar-refractivity contribution in [3.05, 3.63) is 0 Å². The van der Waals surface area contributed by atoms with Crippen LogP contribution >= 0.6 is 0 Å². The molecule has 0 saturated carbocycles. The zero-order chi connectivity index (χ0) is 14.0. The minimum Gasteiger partial charge on any atom is -0.395 e. The maximum atomic E-state index is 12.4. The van der Waals surface area contributed by atoms with Gasteiger partial charge >= 0.3 is 0 Å². The Bertz CT molecular complexity index is 311. The monoisotopic (exact) mass is 268 g/mol. The summed E-state index contributed by atoms with van der Waals surface area (Å²) in [5, 5.41) is 9.45. The molecule has 4 atom stereocenters. The number of carbonyl (C=O) groups excluding carboxylic acids is 1. The Morgan fingerprint density at radius 1 is 1.21 bits per heavy atom. The highest BCUT2D eigenvalue weighted by Crippen LogP contribution is 2.25. The van der Waals surface area contributed by atoms with E-state index in [-0.39, 0.29) is 18.6 Å². The van der Waals surface area contributed by atoms with E-state index in [0.717, 1.165) is 26.1 Å². The van der Waals surface area contributed by atoms with E-state index in [2.05, 4.69) is 25.7 Å². The normalized spacial score (nSPS) is 36.7. The molecule has 19 heavy (non-hydrogen) atoms. The molecule has 4 unspecified atom stereocenters. The van der Waals surface area contributed by atoms with Crippen LogP contribution in [-0.4, -0.2) is 59.6 Å². The van der Waals surface area contributed by atoms with Gasteiger partial charge in [0.2, 0.25) is 5.91 Å². The van der Waals surface area contributed by atoms with Gasteiger partial charge in [-0.3, -0.25) is 9.69 Å². The number of aliphatic hydroxyl groups is 1. The molecule has 4 heteroatoms. The topological polar surface area (TPSA) is 43.8 Å². The lowest BCUT2D eigenvalue weighted by Gasteiger charge is -2.36. The lowest BCUT2D eigenvalue weighted by molar-refractivity contribution is -0.135. The van der Waals surface area contributed by atoms with Gasteiger partial charge in [0.15, 0.2) is 0 Å². The van der Waals surface area contributed by atoms with Gasteiger partial charge in [-0.15, -0.1) is 0 Å². The highest BCUT2D eigenvalue weighted by atomic mass is 16.3.